The van der Waals surface area contributed by atoms with Gasteiger partial charge in [-0.3, -0.25) is 13.8 Å². The highest BCUT2D eigenvalue weighted by atomic mass is 31.2. The van der Waals surface area contributed by atoms with Crippen molar-refractivity contribution in [1.29, 1.82) is 0 Å². The number of aliphatic hydroxyl groups excluding tert-OH is 8. The second-order valence-electron chi connectivity index (χ2n) is 19.1. The van der Waals surface area contributed by atoms with Crippen LogP contribution in [0.2, 0.25) is 0 Å². The molecule has 13 atom stereocenters. The Bertz CT molecular complexity index is 1450. The topological polar surface area (TPSA) is 289 Å². The summed E-state index contributed by atoms with van der Waals surface area (Å²) in [6, 6.07) is 0. The van der Waals surface area contributed by atoms with Gasteiger partial charge in [-0.05, 0) is 19.3 Å². The number of allylic oxidation sites excluding steroid dienone is 3. The molecule has 0 aromatic carbocycles. The van der Waals surface area contributed by atoms with Gasteiger partial charge >= 0.3 is 19.8 Å². The molecule has 0 spiro atoms. The van der Waals surface area contributed by atoms with Crippen LogP contribution in [0.1, 0.15) is 194 Å². The number of esters is 2. The zero-order valence-corrected chi connectivity index (χ0v) is 43.2. The number of phosphoric acid groups is 1. The monoisotopic (exact) mass is 1020 g/mol. The standard InChI is InChI=1S/C51H93O18P/c1-3-5-7-9-11-13-15-17-19-21-23-25-27-29-31-33-40(53)64-36-38(66-41(54)34-32-30-28-26-24-22-20-18-16-14-12-10-8-6-4-2)37-65-70(62,63)69-50-47(60)45(58)44(57)46(59)49(50)68-51-48(61)43(56)42(55)39(35-52)67-51/h27,29,31,33,38-39,42-52,55-61H,3-26,28,30,32,34-37H2,1-2H3,(H,62,63)/b29-27+,33-31+. The Kier molecular flexibility index (Phi) is 35.5. The Labute approximate surface area is 417 Å². The fourth-order valence-corrected chi connectivity index (χ4v) is 9.59. The number of carbonyl (C=O) groups is 2. The van der Waals surface area contributed by atoms with E-state index in [9.17, 15) is 59.9 Å². The summed E-state index contributed by atoms with van der Waals surface area (Å²) in [6.45, 7) is 2.14. The van der Waals surface area contributed by atoms with Crippen molar-refractivity contribution < 1.29 is 87.9 Å². The largest absolute Gasteiger partial charge is 0.472 e. The Balaban J connectivity index is 1.95. The van der Waals surface area contributed by atoms with Crippen LogP contribution in [-0.2, 0) is 42.1 Å². The van der Waals surface area contributed by atoms with E-state index in [1.165, 1.54) is 134 Å². The van der Waals surface area contributed by atoms with Crippen molar-refractivity contribution in [3.8, 4) is 0 Å². The number of unbranched alkanes of at least 4 members (excludes halogenated alkanes) is 25. The molecular weight excluding hydrogens is 932 g/mol. The van der Waals surface area contributed by atoms with Crippen LogP contribution in [-0.4, -0.2) is 151 Å². The van der Waals surface area contributed by atoms with Gasteiger partial charge in [0, 0.05) is 12.5 Å². The molecule has 410 valence electrons. The maximum absolute atomic E-state index is 13.4. The smallest absolute Gasteiger partial charge is 0.458 e. The quantitative estimate of drug-likeness (QED) is 0.0102. The molecule has 1 saturated heterocycles. The van der Waals surface area contributed by atoms with Gasteiger partial charge in [-0.15, -0.1) is 0 Å². The van der Waals surface area contributed by atoms with E-state index in [-0.39, 0.29) is 6.42 Å². The molecule has 9 N–H and O–H groups in total. The van der Waals surface area contributed by atoms with Gasteiger partial charge < -0.3 is 64.7 Å². The molecule has 13 unspecified atom stereocenters. The molecule has 0 bridgehead atoms. The summed E-state index contributed by atoms with van der Waals surface area (Å²) in [5, 5.41) is 83.0. The van der Waals surface area contributed by atoms with Crippen molar-refractivity contribution >= 4 is 19.8 Å². The Morgan fingerprint density at radius 2 is 1.03 bits per heavy atom. The third-order valence-electron chi connectivity index (χ3n) is 13.0. The van der Waals surface area contributed by atoms with E-state index in [1.807, 2.05) is 6.08 Å². The maximum atomic E-state index is 13.4. The molecule has 0 amide bonds. The number of phosphoric ester groups is 1. The van der Waals surface area contributed by atoms with Crippen LogP contribution < -0.4 is 0 Å². The zero-order valence-electron chi connectivity index (χ0n) is 42.3. The first-order valence-electron chi connectivity index (χ1n) is 26.7. The molecule has 19 heteroatoms. The van der Waals surface area contributed by atoms with Crippen LogP contribution >= 0.6 is 7.82 Å². The predicted molar refractivity (Wildman–Crippen MR) is 263 cm³/mol. The SMILES string of the molecule is CCCCCCCCCCCCC/C=C/C=C/C(=O)OCC(COP(=O)(O)OC1C(O)C(O)C(O)C(O)C1OC1OC(CO)C(O)C(O)C1O)OC(=O)CCCCCCCCCCCCCCCCC. The van der Waals surface area contributed by atoms with Crippen molar-refractivity contribution in [2.45, 2.75) is 267 Å². The number of rotatable bonds is 41. The highest BCUT2D eigenvalue weighted by molar-refractivity contribution is 7.47. The number of ether oxygens (including phenoxy) is 4. The molecule has 18 nitrogen and oxygen atoms in total. The third kappa shape index (κ3) is 26.9. The van der Waals surface area contributed by atoms with Crippen LogP contribution in [0.15, 0.2) is 24.3 Å². The average Bonchev–Trinajstić information content (AvgIpc) is 3.34. The summed E-state index contributed by atoms with van der Waals surface area (Å²) >= 11 is 0. The fourth-order valence-electron chi connectivity index (χ4n) is 8.62. The molecule has 2 fully saturated rings. The molecule has 2 rings (SSSR count). The lowest BCUT2D eigenvalue weighted by molar-refractivity contribution is -0.338. The van der Waals surface area contributed by atoms with Gasteiger partial charge in [0.1, 0.15) is 67.6 Å². The van der Waals surface area contributed by atoms with Gasteiger partial charge in [0.15, 0.2) is 12.4 Å². The Morgan fingerprint density at radius 1 is 0.571 bits per heavy atom. The van der Waals surface area contributed by atoms with E-state index >= 15 is 0 Å². The molecule has 1 heterocycles. The van der Waals surface area contributed by atoms with Crippen molar-refractivity contribution in [2.24, 2.45) is 0 Å². The fraction of sp³-hybridized carbons (Fsp3) is 0.882. The van der Waals surface area contributed by atoms with Gasteiger partial charge in [-0.25, -0.2) is 9.36 Å². The van der Waals surface area contributed by atoms with Gasteiger partial charge in [-0.2, -0.15) is 0 Å². The van der Waals surface area contributed by atoms with Crippen LogP contribution in [0.25, 0.3) is 0 Å². The molecule has 1 saturated carbocycles. The molecule has 1 aliphatic heterocycles. The van der Waals surface area contributed by atoms with Crippen LogP contribution in [0.3, 0.4) is 0 Å². The number of hydrogen-bond donors (Lipinski definition) is 9. The summed E-state index contributed by atoms with van der Waals surface area (Å²) in [5.41, 5.74) is 0. The van der Waals surface area contributed by atoms with E-state index in [4.69, 9.17) is 28.0 Å². The Hall–Kier alpha value is -1.87. The van der Waals surface area contributed by atoms with Crippen molar-refractivity contribution in [3.63, 3.8) is 0 Å². The zero-order chi connectivity index (χ0) is 51.6. The minimum absolute atomic E-state index is 0.0170. The van der Waals surface area contributed by atoms with Crippen molar-refractivity contribution in [1.82, 2.24) is 0 Å². The first kappa shape index (κ1) is 64.2. The van der Waals surface area contributed by atoms with Crippen LogP contribution in [0, 0.1) is 0 Å². The predicted octanol–water partition coefficient (Wildman–Crippen LogP) is 6.66. The van der Waals surface area contributed by atoms with E-state index in [1.54, 1.807) is 6.08 Å². The highest BCUT2D eigenvalue weighted by Crippen LogP contribution is 2.48. The summed E-state index contributed by atoms with van der Waals surface area (Å²) in [5.74, 6) is -1.46. The lowest BCUT2D eigenvalue weighted by atomic mass is 9.84. The lowest BCUT2D eigenvalue weighted by Crippen LogP contribution is -2.67. The van der Waals surface area contributed by atoms with E-state index in [2.05, 4.69) is 13.8 Å². The maximum Gasteiger partial charge on any atom is 0.472 e. The molecule has 1 aliphatic carbocycles. The summed E-state index contributed by atoms with van der Waals surface area (Å²) in [6.07, 6.45) is 14.6. The third-order valence-corrected chi connectivity index (χ3v) is 14.0. The van der Waals surface area contributed by atoms with E-state index in [0.717, 1.165) is 44.9 Å². The molecule has 0 aromatic heterocycles. The molecule has 70 heavy (non-hydrogen) atoms. The van der Waals surface area contributed by atoms with Crippen LogP contribution in [0.4, 0.5) is 0 Å². The van der Waals surface area contributed by atoms with Gasteiger partial charge in [0.2, 0.25) is 0 Å². The minimum Gasteiger partial charge on any atom is -0.458 e. The average molecular weight is 1030 g/mol. The van der Waals surface area contributed by atoms with Crippen molar-refractivity contribution in [3.05, 3.63) is 24.3 Å². The number of carbonyl (C=O) groups excluding carboxylic acids is 2. The number of hydrogen-bond acceptors (Lipinski definition) is 17. The second kappa shape index (κ2) is 38.7. The van der Waals surface area contributed by atoms with Crippen LogP contribution in [0.5, 0.6) is 0 Å². The normalized spacial score (nSPS) is 27.5. The van der Waals surface area contributed by atoms with Crippen molar-refractivity contribution in [2.75, 3.05) is 19.8 Å². The summed E-state index contributed by atoms with van der Waals surface area (Å²) in [4.78, 5) is 36.5. The summed E-state index contributed by atoms with van der Waals surface area (Å²) < 4.78 is 45.3. The molecule has 0 aromatic rings. The highest BCUT2D eigenvalue weighted by Gasteiger charge is 2.55. The lowest BCUT2D eigenvalue weighted by Gasteiger charge is -2.47. The Morgan fingerprint density at radius 3 is 1.53 bits per heavy atom. The van der Waals surface area contributed by atoms with E-state index < -0.39 is 113 Å². The second-order valence-corrected chi connectivity index (χ2v) is 20.6. The molecule has 0 radical (unpaired) electrons. The first-order valence-corrected chi connectivity index (χ1v) is 28.2. The van der Waals surface area contributed by atoms with Gasteiger partial charge in [0.25, 0.3) is 0 Å². The van der Waals surface area contributed by atoms with Gasteiger partial charge in [-0.1, -0.05) is 186 Å². The number of aliphatic hydroxyl groups is 8. The summed E-state index contributed by atoms with van der Waals surface area (Å²) in [7, 11) is -5.39. The van der Waals surface area contributed by atoms with Gasteiger partial charge in [0.05, 0.1) is 13.2 Å². The molecule has 2 aliphatic rings. The minimum atomic E-state index is -5.39. The first-order chi connectivity index (χ1) is 33.7. The molecular formula is C51H93O18P. The van der Waals surface area contributed by atoms with E-state index in [0.29, 0.717) is 6.42 Å².